The van der Waals surface area contributed by atoms with Crippen molar-refractivity contribution in [3.63, 3.8) is 0 Å². The fourth-order valence-corrected chi connectivity index (χ4v) is 2.17. The van der Waals surface area contributed by atoms with Crippen LogP contribution in [0.15, 0.2) is 21.4 Å². The molecule has 0 radical (unpaired) electrons. The molecule has 1 aliphatic rings. The molecule has 14 heavy (non-hydrogen) atoms. The van der Waals surface area contributed by atoms with Gasteiger partial charge in [0.1, 0.15) is 10.0 Å². The van der Waals surface area contributed by atoms with Crippen molar-refractivity contribution in [2.45, 2.75) is 4.90 Å². The summed E-state index contributed by atoms with van der Waals surface area (Å²) in [5.74, 6) is -0.114. The zero-order valence-corrected chi connectivity index (χ0v) is 8.30. The molecule has 0 spiro atoms. The van der Waals surface area contributed by atoms with Crippen molar-refractivity contribution in [3.8, 4) is 0 Å². The second-order valence-electron chi connectivity index (χ2n) is 2.56. The topological polar surface area (TPSA) is 97.4 Å². The zero-order chi connectivity index (χ0) is 10.3. The van der Waals surface area contributed by atoms with Crippen LogP contribution in [-0.4, -0.2) is 19.4 Å². The number of halogens is 1. The first-order valence-electron chi connectivity index (χ1n) is 3.53. The third-order valence-corrected chi connectivity index (χ3v) is 3.10. The molecule has 0 aromatic carbocycles. The molecule has 0 atom stereocenters. The van der Waals surface area contributed by atoms with Crippen molar-refractivity contribution in [2.24, 2.45) is 10.1 Å². The van der Waals surface area contributed by atoms with Crippen LogP contribution in [0.4, 0.5) is 5.82 Å². The van der Waals surface area contributed by atoms with E-state index in [9.17, 15) is 8.42 Å². The molecule has 0 unspecified atom stereocenters. The predicted octanol–water partition coefficient (Wildman–Crippen LogP) is 0.164. The van der Waals surface area contributed by atoms with Gasteiger partial charge in [-0.05, 0) is 12.1 Å². The second kappa shape index (κ2) is 2.82. The first kappa shape index (κ1) is 9.22. The van der Waals surface area contributed by atoms with Gasteiger partial charge in [-0.25, -0.2) is 4.98 Å². The van der Waals surface area contributed by atoms with Gasteiger partial charge in [0.15, 0.2) is 5.82 Å². The Morgan fingerprint density at radius 1 is 1.43 bits per heavy atom. The van der Waals surface area contributed by atoms with Gasteiger partial charge in [0.2, 0.25) is 5.96 Å². The van der Waals surface area contributed by atoms with Crippen molar-refractivity contribution in [1.82, 2.24) is 4.98 Å². The lowest BCUT2D eigenvalue weighted by atomic mass is 10.4. The number of rotatable bonds is 0. The van der Waals surface area contributed by atoms with E-state index in [0.717, 1.165) is 0 Å². The summed E-state index contributed by atoms with van der Waals surface area (Å²) in [5, 5.41) is 2.69. The second-order valence-corrected chi connectivity index (χ2v) is 4.52. The Hall–Kier alpha value is -1.34. The number of aromatic nitrogens is 1. The van der Waals surface area contributed by atoms with Gasteiger partial charge in [-0.2, -0.15) is 8.42 Å². The Kier molecular flexibility index (Phi) is 1.86. The zero-order valence-electron chi connectivity index (χ0n) is 6.73. The van der Waals surface area contributed by atoms with Gasteiger partial charge >= 0.3 is 0 Å². The molecule has 3 N–H and O–H groups in total. The van der Waals surface area contributed by atoms with Crippen LogP contribution in [0.5, 0.6) is 0 Å². The Balaban J connectivity index is 2.71. The summed E-state index contributed by atoms with van der Waals surface area (Å²) < 4.78 is 26.1. The van der Waals surface area contributed by atoms with E-state index in [0.29, 0.717) is 0 Å². The monoisotopic (exact) mass is 232 g/mol. The number of anilines is 1. The molecule has 0 saturated heterocycles. The first-order valence-corrected chi connectivity index (χ1v) is 5.35. The molecule has 0 saturated carbocycles. The molecule has 1 aliphatic heterocycles. The van der Waals surface area contributed by atoms with E-state index in [4.69, 9.17) is 17.3 Å². The van der Waals surface area contributed by atoms with E-state index < -0.39 is 10.0 Å². The summed E-state index contributed by atoms with van der Waals surface area (Å²) in [6.45, 7) is 0. The van der Waals surface area contributed by atoms with Crippen molar-refractivity contribution < 1.29 is 8.42 Å². The van der Waals surface area contributed by atoms with E-state index in [2.05, 4.69) is 14.7 Å². The molecule has 74 valence electrons. The number of pyridine rings is 1. The van der Waals surface area contributed by atoms with Gasteiger partial charge in [-0.3, -0.25) is 0 Å². The average molecular weight is 233 g/mol. The summed E-state index contributed by atoms with van der Waals surface area (Å²) >= 11 is 5.59. The highest BCUT2D eigenvalue weighted by Crippen LogP contribution is 2.25. The number of fused-ring (bicyclic) bond motifs is 1. The van der Waals surface area contributed by atoms with Gasteiger partial charge < -0.3 is 11.1 Å². The quantitative estimate of drug-likeness (QED) is 0.621. The molecular formula is C6H5ClN4O2S. The fourth-order valence-electron chi connectivity index (χ4n) is 1.04. The standard InChI is InChI=1S/C6H5ClN4O2S/c7-4-2-1-3-5(9-4)10-6(8)11-14(3,12)13/h1-2H,(H3,8,9,10,11). The van der Waals surface area contributed by atoms with Crippen LogP contribution in [0.2, 0.25) is 5.15 Å². The van der Waals surface area contributed by atoms with Crippen molar-refractivity contribution in [2.75, 3.05) is 5.32 Å². The van der Waals surface area contributed by atoms with Crippen LogP contribution in [0.1, 0.15) is 0 Å². The number of nitrogens with zero attached hydrogens (tertiary/aromatic N) is 2. The Bertz CT molecular complexity index is 525. The highest BCUT2D eigenvalue weighted by atomic mass is 35.5. The van der Waals surface area contributed by atoms with E-state index in [1.54, 1.807) is 0 Å². The Morgan fingerprint density at radius 3 is 2.86 bits per heavy atom. The summed E-state index contributed by atoms with van der Waals surface area (Å²) in [4.78, 5) is 3.74. The highest BCUT2D eigenvalue weighted by Gasteiger charge is 2.24. The van der Waals surface area contributed by atoms with E-state index in [1.807, 2.05) is 0 Å². The first-order chi connectivity index (χ1) is 6.49. The summed E-state index contributed by atoms with van der Waals surface area (Å²) in [6, 6.07) is 2.69. The molecule has 0 aliphatic carbocycles. The number of nitrogens with two attached hydrogens (primary N) is 1. The number of hydrogen-bond donors (Lipinski definition) is 2. The van der Waals surface area contributed by atoms with Gasteiger partial charge in [-0.1, -0.05) is 11.6 Å². The fraction of sp³-hybridized carbons (Fsp3) is 0. The number of sulfonamides is 1. The minimum Gasteiger partial charge on any atom is -0.369 e. The molecule has 8 heteroatoms. The molecule has 0 fully saturated rings. The predicted molar refractivity (Wildman–Crippen MR) is 51.7 cm³/mol. The number of guanidine groups is 1. The van der Waals surface area contributed by atoms with Gasteiger partial charge in [0.05, 0.1) is 0 Å². The Morgan fingerprint density at radius 2 is 2.14 bits per heavy atom. The minimum absolute atomic E-state index is 0.0314. The van der Waals surface area contributed by atoms with Crippen molar-refractivity contribution in [1.29, 1.82) is 0 Å². The molecule has 1 aromatic heterocycles. The molecular weight excluding hydrogens is 228 g/mol. The number of hydrogen-bond acceptors (Lipinski definition) is 5. The third-order valence-electron chi connectivity index (χ3n) is 1.57. The van der Waals surface area contributed by atoms with E-state index >= 15 is 0 Å². The molecule has 2 heterocycles. The van der Waals surface area contributed by atoms with Gasteiger partial charge in [0.25, 0.3) is 10.0 Å². The van der Waals surface area contributed by atoms with Crippen LogP contribution in [0.25, 0.3) is 0 Å². The SMILES string of the molecule is NC1=NS(=O)(=O)c2ccc(Cl)nc2N1. The molecule has 1 aromatic rings. The summed E-state index contributed by atoms with van der Waals surface area (Å²) in [7, 11) is -3.73. The summed E-state index contributed by atoms with van der Waals surface area (Å²) in [5.41, 5.74) is 5.25. The smallest absolute Gasteiger partial charge is 0.289 e. The maximum Gasteiger partial charge on any atom is 0.289 e. The maximum absolute atomic E-state index is 11.4. The maximum atomic E-state index is 11.4. The molecule has 0 amide bonds. The minimum atomic E-state index is -3.73. The third kappa shape index (κ3) is 1.40. The van der Waals surface area contributed by atoms with Gasteiger partial charge in [0, 0.05) is 0 Å². The normalized spacial score (nSPS) is 17.9. The highest BCUT2D eigenvalue weighted by molar-refractivity contribution is 7.90. The van der Waals surface area contributed by atoms with Gasteiger partial charge in [-0.15, -0.1) is 4.40 Å². The number of nitrogens with one attached hydrogen (secondary N) is 1. The molecule has 6 nitrogen and oxygen atoms in total. The van der Waals surface area contributed by atoms with Crippen molar-refractivity contribution >= 4 is 33.4 Å². The van der Waals surface area contributed by atoms with Crippen molar-refractivity contribution in [3.05, 3.63) is 17.3 Å². The largest absolute Gasteiger partial charge is 0.369 e. The lowest BCUT2D eigenvalue weighted by Crippen LogP contribution is -2.29. The van der Waals surface area contributed by atoms with Crippen LogP contribution in [-0.2, 0) is 10.0 Å². The van der Waals surface area contributed by atoms with Crippen LogP contribution < -0.4 is 11.1 Å². The molecule has 0 bridgehead atoms. The van der Waals surface area contributed by atoms with Crippen LogP contribution in [0, 0.1) is 0 Å². The van der Waals surface area contributed by atoms with E-state index in [-0.39, 0.29) is 21.8 Å². The van der Waals surface area contributed by atoms with E-state index in [1.165, 1.54) is 12.1 Å². The average Bonchev–Trinajstić information content (AvgIpc) is 2.00. The van der Waals surface area contributed by atoms with Crippen LogP contribution >= 0.6 is 11.6 Å². The lowest BCUT2D eigenvalue weighted by molar-refractivity contribution is 0.597. The molecule has 2 rings (SSSR count). The summed E-state index contributed by atoms with van der Waals surface area (Å²) in [6.07, 6.45) is 0. The van der Waals surface area contributed by atoms with Crippen LogP contribution in [0.3, 0.4) is 0 Å². The lowest BCUT2D eigenvalue weighted by Gasteiger charge is -2.13. The Labute approximate surface area is 84.9 Å².